The lowest BCUT2D eigenvalue weighted by Gasteiger charge is -2.08. The molecule has 3 aromatic rings. The first-order chi connectivity index (χ1) is 11.6. The first kappa shape index (κ1) is 15.6. The summed E-state index contributed by atoms with van der Waals surface area (Å²) in [5, 5.41) is 13.5. The predicted molar refractivity (Wildman–Crippen MR) is 85.7 cm³/mol. The Balaban J connectivity index is 1.74. The quantitative estimate of drug-likeness (QED) is 0.744. The molecule has 8 heteroatoms. The maximum atomic E-state index is 13.2. The van der Waals surface area contributed by atoms with Gasteiger partial charge in [0.25, 0.3) is 0 Å². The van der Waals surface area contributed by atoms with Gasteiger partial charge in [0, 0.05) is 17.4 Å². The average molecular weight is 329 g/mol. The lowest BCUT2D eigenvalue weighted by Crippen LogP contribution is -2.02. The summed E-state index contributed by atoms with van der Waals surface area (Å²) < 4.78 is 31.2. The number of methoxy groups -OCH3 is 1. The lowest BCUT2D eigenvalue weighted by atomic mass is 10.3. The molecule has 24 heavy (non-hydrogen) atoms. The molecule has 0 spiro atoms. The zero-order valence-electron chi connectivity index (χ0n) is 12.6. The van der Waals surface area contributed by atoms with E-state index in [1.807, 2.05) is 0 Å². The van der Waals surface area contributed by atoms with Crippen LogP contribution >= 0.6 is 0 Å². The molecule has 1 heterocycles. The monoisotopic (exact) mass is 329 g/mol. The van der Waals surface area contributed by atoms with Crippen LogP contribution in [0.5, 0.6) is 5.75 Å². The van der Waals surface area contributed by atoms with Crippen molar-refractivity contribution in [2.24, 2.45) is 0 Å². The molecule has 0 saturated carbocycles. The second kappa shape index (κ2) is 6.86. The first-order valence-corrected chi connectivity index (χ1v) is 6.97. The second-order valence-corrected chi connectivity index (χ2v) is 4.77. The van der Waals surface area contributed by atoms with Crippen molar-refractivity contribution in [3.05, 3.63) is 60.3 Å². The van der Waals surface area contributed by atoms with Crippen molar-refractivity contribution in [1.82, 2.24) is 15.2 Å². The number of anilines is 4. The van der Waals surface area contributed by atoms with Crippen molar-refractivity contribution < 1.29 is 13.5 Å². The van der Waals surface area contributed by atoms with Gasteiger partial charge in [-0.2, -0.15) is 10.1 Å². The van der Waals surface area contributed by atoms with Gasteiger partial charge in [-0.1, -0.05) is 0 Å². The van der Waals surface area contributed by atoms with Crippen LogP contribution in [0.3, 0.4) is 0 Å². The van der Waals surface area contributed by atoms with E-state index in [4.69, 9.17) is 4.74 Å². The van der Waals surface area contributed by atoms with Crippen LogP contribution in [0.1, 0.15) is 0 Å². The summed E-state index contributed by atoms with van der Waals surface area (Å²) in [6.07, 6.45) is 1.38. The average Bonchev–Trinajstić information content (AvgIpc) is 2.59. The number of ether oxygens (including phenoxy) is 1. The Bertz CT molecular complexity index is 842. The van der Waals surface area contributed by atoms with Crippen molar-refractivity contribution in [3.63, 3.8) is 0 Å². The van der Waals surface area contributed by atoms with Crippen molar-refractivity contribution in [3.8, 4) is 5.75 Å². The number of nitrogens with zero attached hydrogens (tertiary/aromatic N) is 3. The third kappa shape index (κ3) is 3.72. The highest BCUT2D eigenvalue weighted by Crippen LogP contribution is 2.20. The summed E-state index contributed by atoms with van der Waals surface area (Å²) >= 11 is 0. The van der Waals surface area contributed by atoms with E-state index in [9.17, 15) is 8.78 Å². The summed E-state index contributed by atoms with van der Waals surface area (Å²) in [6.45, 7) is 0. The Morgan fingerprint density at radius 1 is 0.917 bits per heavy atom. The van der Waals surface area contributed by atoms with E-state index in [-0.39, 0.29) is 5.95 Å². The van der Waals surface area contributed by atoms with Crippen LogP contribution in [0, 0.1) is 11.6 Å². The summed E-state index contributed by atoms with van der Waals surface area (Å²) in [6, 6.07) is 10.7. The molecular formula is C16H13F2N5O. The minimum absolute atomic E-state index is 0.257. The normalized spacial score (nSPS) is 10.3. The molecular weight excluding hydrogens is 316 g/mol. The van der Waals surface area contributed by atoms with Gasteiger partial charge in [0.15, 0.2) is 17.5 Å². The molecule has 0 amide bonds. The van der Waals surface area contributed by atoms with Crippen molar-refractivity contribution in [2.75, 3.05) is 17.7 Å². The molecule has 0 aliphatic rings. The summed E-state index contributed by atoms with van der Waals surface area (Å²) in [5.41, 5.74) is 1.10. The van der Waals surface area contributed by atoms with Gasteiger partial charge in [-0.15, -0.1) is 5.10 Å². The molecule has 6 nitrogen and oxygen atoms in total. The van der Waals surface area contributed by atoms with Gasteiger partial charge in [-0.3, -0.25) is 0 Å². The van der Waals surface area contributed by atoms with E-state index in [2.05, 4.69) is 25.8 Å². The molecule has 0 saturated heterocycles. The Labute approximate surface area is 136 Å². The van der Waals surface area contributed by atoms with Crippen LogP contribution in [0.25, 0.3) is 0 Å². The van der Waals surface area contributed by atoms with E-state index in [0.717, 1.165) is 23.6 Å². The van der Waals surface area contributed by atoms with E-state index < -0.39 is 11.6 Å². The van der Waals surface area contributed by atoms with Gasteiger partial charge in [0.2, 0.25) is 5.95 Å². The zero-order chi connectivity index (χ0) is 16.9. The van der Waals surface area contributed by atoms with Crippen LogP contribution in [0.15, 0.2) is 48.7 Å². The van der Waals surface area contributed by atoms with Gasteiger partial charge in [0.05, 0.1) is 13.3 Å². The maximum Gasteiger partial charge on any atom is 0.249 e. The topological polar surface area (TPSA) is 72.0 Å². The van der Waals surface area contributed by atoms with Crippen LogP contribution in [-0.2, 0) is 0 Å². The summed E-state index contributed by atoms with van der Waals surface area (Å²) in [4.78, 5) is 4.21. The van der Waals surface area contributed by atoms with Gasteiger partial charge in [-0.25, -0.2) is 8.78 Å². The molecule has 0 fully saturated rings. The van der Waals surface area contributed by atoms with E-state index >= 15 is 0 Å². The number of aromatic nitrogens is 3. The third-order valence-electron chi connectivity index (χ3n) is 3.10. The number of hydrogen-bond donors (Lipinski definition) is 2. The Hall–Kier alpha value is -3.29. The fraction of sp³-hybridized carbons (Fsp3) is 0.0625. The number of benzene rings is 2. The van der Waals surface area contributed by atoms with Crippen LogP contribution in [0.2, 0.25) is 0 Å². The summed E-state index contributed by atoms with van der Waals surface area (Å²) in [7, 11) is 1.59. The standard InChI is InChI=1S/C16H13F2N5O/c1-24-12-5-2-10(3-6-12)21-16-22-15(9-19-23-16)20-11-4-7-13(17)14(18)8-11/h2-9H,1H3,(H2,20,21,22,23). The van der Waals surface area contributed by atoms with E-state index in [0.29, 0.717) is 11.5 Å². The minimum Gasteiger partial charge on any atom is -0.497 e. The SMILES string of the molecule is COc1ccc(Nc2nncc(Nc3ccc(F)c(F)c3)n2)cc1. The highest BCUT2D eigenvalue weighted by atomic mass is 19.2. The smallest absolute Gasteiger partial charge is 0.249 e. The van der Waals surface area contributed by atoms with Crippen molar-refractivity contribution in [2.45, 2.75) is 0 Å². The van der Waals surface area contributed by atoms with Crippen LogP contribution in [-0.4, -0.2) is 22.3 Å². The molecule has 0 aliphatic heterocycles. The highest BCUT2D eigenvalue weighted by Gasteiger charge is 2.05. The van der Waals surface area contributed by atoms with Gasteiger partial charge < -0.3 is 15.4 Å². The fourth-order valence-electron chi connectivity index (χ4n) is 1.94. The molecule has 0 atom stereocenters. The minimum atomic E-state index is -0.946. The molecule has 122 valence electrons. The molecule has 0 aliphatic carbocycles. The number of rotatable bonds is 5. The second-order valence-electron chi connectivity index (χ2n) is 4.77. The third-order valence-corrected chi connectivity index (χ3v) is 3.10. The highest BCUT2D eigenvalue weighted by molar-refractivity contribution is 5.59. The number of nitrogens with one attached hydrogen (secondary N) is 2. The van der Waals surface area contributed by atoms with Crippen LogP contribution < -0.4 is 15.4 Å². The first-order valence-electron chi connectivity index (χ1n) is 6.97. The van der Waals surface area contributed by atoms with Gasteiger partial charge >= 0.3 is 0 Å². The predicted octanol–water partition coefficient (Wildman–Crippen LogP) is 3.65. The Morgan fingerprint density at radius 2 is 1.67 bits per heavy atom. The van der Waals surface area contributed by atoms with Gasteiger partial charge in [-0.05, 0) is 36.4 Å². The van der Waals surface area contributed by atoms with E-state index in [1.165, 1.54) is 12.3 Å². The Morgan fingerprint density at radius 3 is 2.38 bits per heavy atom. The van der Waals surface area contributed by atoms with Gasteiger partial charge in [0.1, 0.15) is 5.75 Å². The van der Waals surface area contributed by atoms with Crippen molar-refractivity contribution in [1.29, 1.82) is 0 Å². The van der Waals surface area contributed by atoms with Crippen molar-refractivity contribution >= 4 is 23.1 Å². The molecule has 0 bridgehead atoms. The Kier molecular flexibility index (Phi) is 4.46. The summed E-state index contributed by atoms with van der Waals surface area (Å²) in [5.74, 6) is -0.532. The van der Waals surface area contributed by atoms with E-state index in [1.54, 1.807) is 31.4 Å². The fourth-order valence-corrected chi connectivity index (χ4v) is 1.94. The lowest BCUT2D eigenvalue weighted by molar-refractivity contribution is 0.415. The largest absolute Gasteiger partial charge is 0.497 e. The maximum absolute atomic E-state index is 13.2. The molecule has 0 radical (unpaired) electrons. The zero-order valence-corrected chi connectivity index (χ0v) is 12.6. The van der Waals surface area contributed by atoms with Crippen LogP contribution in [0.4, 0.5) is 31.9 Å². The molecule has 3 rings (SSSR count). The number of halogens is 2. The molecule has 2 aromatic carbocycles. The molecule has 2 N–H and O–H groups in total. The number of hydrogen-bond acceptors (Lipinski definition) is 6. The molecule has 0 unspecified atom stereocenters. The molecule has 1 aromatic heterocycles.